The van der Waals surface area contributed by atoms with Gasteiger partial charge in [-0.3, -0.25) is 0 Å². The Kier molecular flexibility index (Phi) is 3.01. The first-order valence-electron chi connectivity index (χ1n) is 3.80. The van der Waals surface area contributed by atoms with E-state index in [2.05, 4.69) is 0 Å². The zero-order valence-electron chi connectivity index (χ0n) is 7.10. The Hall–Kier alpha value is -2.10. The van der Waals surface area contributed by atoms with Crippen LogP contribution in [0.5, 0.6) is 0 Å². The lowest BCUT2D eigenvalue weighted by molar-refractivity contribution is -0.300. The highest BCUT2D eigenvalue weighted by Gasteiger charge is 2.00. The SMILES string of the molecule is O=C([O-])/C=C(\C(=O)[O-])c1ccccc1. The molecule has 0 radical (unpaired) electrons. The van der Waals surface area contributed by atoms with Crippen LogP contribution in [0.1, 0.15) is 5.56 Å². The zero-order valence-corrected chi connectivity index (χ0v) is 7.10. The van der Waals surface area contributed by atoms with Crippen molar-refractivity contribution in [2.75, 3.05) is 0 Å². The molecule has 0 aliphatic carbocycles. The molecule has 0 atom stereocenters. The lowest BCUT2D eigenvalue weighted by Crippen LogP contribution is -2.27. The fourth-order valence-corrected chi connectivity index (χ4v) is 0.996. The van der Waals surface area contributed by atoms with Crippen molar-refractivity contribution in [2.45, 2.75) is 0 Å². The van der Waals surface area contributed by atoms with E-state index in [1.54, 1.807) is 18.2 Å². The van der Waals surface area contributed by atoms with Crippen LogP contribution in [0, 0.1) is 0 Å². The molecule has 0 saturated carbocycles. The molecule has 0 saturated heterocycles. The van der Waals surface area contributed by atoms with E-state index in [1.807, 2.05) is 0 Å². The predicted molar refractivity (Wildman–Crippen MR) is 44.4 cm³/mol. The van der Waals surface area contributed by atoms with Crippen molar-refractivity contribution >= 4 is 17.5 Å². The van der Waals surface area contributed by atoms with Crippen LogP contribution in [0.15, 0.2) is 36.4 Å². The van der Waals surface area contributed by atoms with Gasteiger partial charge in [-0.2, -0.15) is 0 Å². The van der Waals surface area contributed by atoms with Crippen LogP contribution in [0.2, 0.25) is 0 Å². The Labute approximate surface area is 80.1 Å². The maximum Gasteiger partial charge on any atom is 0.0721 e. The Bertz CT molecular complexity index is 378. The predicted octanol–water partition coefficient (Wildman–Crippen LogP) is -1.43. The van der Waals surface area contributed by atoms with Crippen molar-refractivity contribution in [1.29, 1.82) is 0 Å². The highest BCUT2D eigenvalue weighted by Crippen LogP contribution is 2.12. The van der Waals surface area contributed by atoms with Gasteiger partial charge in [-0.05, 0) is 11.6 Å². The van der Waals surface area contributed by atoms with Crippen LogP contribution in [0.3, 0.4) is 0 Å². The van der Waals surface area contributed by atoms with Crippen LogP contribution < -0.4 is 10.2 Å². The number of rotatable bonds is 3. The van der Waals surface area contributed by atoms with Crippen molar-refractivity contribution < 1.29 is 19.8 Å². The Morgan fingerprint density at radius 3 is 2.07 bits per heavy atom. The number of carboxylic acids is 2. The first-order valence-corrected chi connectivity index (χ1v) is 3.80. The molecule has 0 aromatic heterocycles. The molecule has 4 heteroatoms. The van der Waals surface area contributed by atoms with Gasteiger partial charge in [-0.25, -0.2) is 0 Å². The van der Waals surface area contributed by atoms with Gasteiger partial charge in [0.2, 0.25) is 0 Å². The molecule has 0 amide bonds. The minimum absolute atomic E-state index is 0.275. The molecule has 0 heterocycles. The molecule has 0 N–H and O–H groups in total. The van der Waals surface area contributed by atoms with Gasteiger partial charge in [0.05, 0.1) is 11.9 Å². The first kappa shape index (κ1) is 9.98. The third-order valence-corrected chi connectivity index (χ3v) is 1.57. The zero-order chi connectivity index (χ0) is 10.6. The van der Waals surface area contributed by atoms with Crippen LogP contribution in [0.25, 0.3) is 5.57 Å². The number of hydrogen-bond acceptors (Lipinski definition) is 4. The van der Waals surface area contributed by atoms with Gasteiger partial charge >= 0.3 is 0 Å². The molecule has 1 aromatic rings. The van der Waals surface area contributed by atoms with Crippen LogP contribution in [0.4, 0.5) is 0 Å². The number of carbonyl (C=O) groups is 2. The van der Waals surface area contributed by atoms with Crippen LogP contribution in [-0.2, 0) is 9.59 Å². The summed E-state index contributed by atoms with van der Waals surface area (Å²) in [5.41, 5.74) is -0.123. The average molecular weight is 190 g/mol. The van der Waals surface area contributed by atoms with Crippen LogP contribution >= 0.6 is 0 Å². The van der Waals surface area contributed by atoms with Gasteiger partial charge in [0.25, 0.3) is 0 Å². The average Bonchev–Trinajstić information content (AvgIpc) is 2.15. The van der Waals surface area contributed by atoms with E-state index in [4.69, 9.17) is 0 Å². The molecular weight excluding hydrogens is 184 g/mol. The number of carbonyl (C=O) groups excluding carboxylic acids is 2. The fraction of sp³-hybridized carbons (Fsp3) is 0. The molecule has 0 aliphatic heterocycles. The number of benzene rings is 1. The topological polar surface area (TPSA) is 80.3 Å². The summed E-state index contributed by atoms with van der Waals surface area (Å²) in [6.45, 7) is 0. The van der Waals surface area contributed by atoms with E-state index in [-0.39, 0.29) is 5.56 Å². The van der Waals surface area contributed by atoms with Crippen LogP contribution in [-0.4, -0.2) is 11.9 Å². The van der Waals surface area contributed by atoms with Crippen molar-refractivity contribution in [3.8, 4) is 0 Å². The molecule has 0 fully saturated rings. The maximum absolute atomic E-state index is 10.6. The minimum atomic E-state index is -1.56. The van der Waals surface area contributed by atoms with Gasteiger partial charge < -0.3 is 19.8 Å². The number of aliphatic carboxylic acids is 2. The summed E-state index contributed by atoms with van der Waals surface area (Å²) in [6.07, 6.45) is 0.505. The van der Waals surface area contributed by atoms with Crippen molar-refractivity contribution in [3.05, 3.63) is 42.0 Å². The van der Waals surface area contributed by atoms with E-state index in [0.717, 1.165) is 0 Å². The summed E-state index contributed by atoms with van der Waals surface area (Å²) >= 11 is 0. The quantitative estimate of drug-likeness (QED) is 0.547. The smallest absolute Gasteiger partial charge is 0.0721 e. The Morgan fingerprint density at radius 1 is 1.07 bits per heavy atom. The molecule has 0 aliphatic rings. The molecule has 0 unspecified atom stereocenters. The second-order valence-electron chi connectivity index (χ2n) is 2.53. The van der Waals surface area contributed by atoms with Gasteiger partial charge in [0, 0.05) is 5.57 Å². The second kappa shape index (κ2) is 4.23. The molecule has 1 rings (SSSR count). The molecular formula is C10H6O4-2. The lowest BCUT2D eigenvalue weighted by Gasteiger charge is -2.08. The van der Waals surface area contributed by atoms with E-state index in [0.29, 0.717) is 6.08 Å². The first-order chi connectivity index (χ1) is 6.61. The highest BCUT2D eigenvalue weighted by molar-refractivity contribution is 6.18. The van der Waals surface area contributed by atoms with Gasteiger partial charge in [0.15, 0.2) is 0 Å². The van der Waals surface area contributed by atoms with Gasteiger partial charge in [-0.1, -0.05) is 30.3 Å². The van der Waals surface area contributed by atoms with Crippen molar-refractivity contribution in [3.63, 3.8) is 0 Å². The largest absolute Gasteiger partial charge is 0.545 e. The van der Waals surface area contributed by atoms with E-state index >= 15 is 0 Å². The summed E-state index contributed by atoms with van der Waals surface area (Å²) in [4.78, 5) is 20.8. The molecule has 4 nitrogen and oxygen atoms in total. The lowest BCUT2D eigenvalue weighted by atomic mass is 10.1. The molecule has 0 spiro atoms. The molecule has 72 valence electrons. The maximum atomic E-state index is 10.6. The number of carboxylic acid groups (broad SMARTS) is 2. The Balaban J connectivity index is 3.14. The summed E-state index contributed by atoms with van der Waals surface area (Å²) < 4.78 is 0. The summed E-state index contributed by atoms with van der Waals surface area (Å²) in [6, 6.07) is 7.84. The summed E-state index contributed by atoms with van der Waals surface area (Å²) in [5, 5.41) is 20.8. The van der Waals surface area contributed by atoms with Gasteiger partial charge in [0.1, 0.15) is 0 Å². The minimum Gasteiger partial charge on any atom is -0.545 e. The monoisotopic (exact) mass is 190 g/mol. The van der Waals surface area contributed by atoms with E-state index in [9.17, 15) is 19.8 Å². The highest BCUT2D eigenvalue weighted by atomic mass is 16.4. The van der Waals surface area contributed by atoms with Gasteiger partial charge in [-0.15, -0.1) is 0 Å². The second-order valence-corrected chi connectivity index (χ2v) is 2.53. The Morgan fingerprint density at radius 2 is 1.64 bits per heavy atom. The van der Waals surface area contributed by atoms with E-state index < -0.39 is 17.5 Å². The normalized spacial score (nSPS) is 11.0. The van der Waals surface area contributed by atoms with E-state index in [1.165, 1.54) is 12.1 Å². The fourth-order valence-electron chi connectivity index (χ4n) is 0.996. The molecule has 1 aromatic carbocycles. The standard InChI is InChI=1S/C10H8O4/c11-9(12)6-8(10(13)14)7-4-2-1-3-5-7/h1-6H,(H,11,12)(H,13,14)/p-2/b8-6-. The molecule has 14 heavy (non-hydrogen) atoms. The summed E-state index contributed by atoms with van der Waals surface area (Å²) in [7, 11) is 0. The van der Waals surface area contributed by atoms with Crippen molar-refractivity contribution in [2.24, 2.45) is 0 Å². The van der Waals surface area contributed by atoms with Crippen molar-refractivity contribution in [1.82, 2.24) is 0 Å². The summed E-state index contributed by atoms with van der Waals surface area (Å²) in [5.74, 6) is -3.10. The molecule has 0 bridgehead atoms. The third kappa shape index (κ3) is 2.45. The third-order valence-electron chi connectivity index (χ3n) is 1.57. The number of hydrogen-bond donors (Lipinski definition) is 0.